The van der Waals surface area contributed by atoms with Gasteiger partial charge < -0.3 is 28.9 Å². The first kappa shape index (κ1) is 29.4. The van der Waals surface area contributed by atoms with Crippen LogP contribution in [0.1, 0.15) is 37.0 Å². The summed E-state index contributed by atoms with van der Waals surface area (Å²) >= 11 is 0. The second-order valence-corrected chi connectivity index (χ2v) is 9.63. The molecule has 0 bridgehead atoms. The molecule has 1 aliphatic rings. The van der Waals surface area contributed by atoms with E-state index in [9.17, 15) is 10.0 Å². The van der Waals surface area contributed by atoms with E-state index in [2.05, 4.69) is 5.16 Å². The van der Waals surface area contributed by atoms with Crippen molar-refractivity contribution in [3.8, 4) is 0 Å². The average molecular weight is 548 g/mol. The Morgan fingerprint density at radius 1 is 0.750 bits per heavy atom. The molecule has 4 rings (SSSR count). The fourth-order valence-corrected chi connectivity index (χ4v) is 4.75. The lowest BCUT2D eigenvalue weighted by molar-refractivity contribution is -0.259. The van der Waals surface area contributed by atoms with Gasteiger partial charge in [-0.1, -0.05) is 96.2 Å². The minimum Gasteiger partial charge on any atom is -0.461 e. The van der Waals surface area contributed by atoms with Gasteiger partial charge in [-0.15, -0.1) is 0 Å². The minimum absolute atomic E-state index is 0.0181. The summed E-state index contributed by atoms with van der Waals surface area (Å²) in [6.45, 7) is 4.76. The molecule has 212 valence electrons. The van der Waals surface area contributed by atoms with Crippen molar-refractivity contribution in [2.75, 3.05) is 6.61 Å². The van der Waals surface area contributed by atoms with Crippen LogP contribution in [0.4, 0.5) is 0 Å². The zero-order chi connectivity index (χ0) is 28.2. The SMILES string of the molecule is CCOC(=O)C(C[C@@H]1O[C@@H](C)[C@@H](OCc2ccccc2)[C@@H](OCc2ccccc2)[C@@H]1OCc1ccccc1)=NO. The Balaban J connectivity index is 1.62. The van der Waals surface area contributed by atoms with Crippen molar-refractivity contribution in [3.05, 3.63) is 108 Å². The quantitative estimate of drug-likeness (QED) is 0.134. The van der Waals surface area contributed by atoms with Crippen LogP contribution in [-0.2, 0) is 48.3 Å². The third kappa shape index (κ3) is 8.22. The zero-order valence-electron chi connectivity index (χ0n) is 22.9. The molecule has 1 N–H and O–H groups in total. The van der Waals surface area contributed by atoms with Crippen molar-refractivity contribution in [2.24, 2.45) is 5.16 Å². The highest BCUT2D eigenvalue weighted by Gasteiger charge is 2.47. The molecule has 0 saturated carbocycles. The van der Waals surface area contributed by atoms with Crippen LogP contribution in [-0.4, -0.2) is 54.0 Å². The molecule has 1 saturated heterocycles. The number of oxime groups is 1. The molecule has 0 aliphatic carbocycles. The molecule has 40 heavy (non-hydrogen) atoms. The van der Waals surface area contributed by atoms with E-state index in [1.54, 1.807) is 6.92 Å². The van der Waals surface area contributed by atoms with Gasteiger partial charge in [0.2, 0.25) is 0 Å². The number of ether oxygens (including phenoxy) is 5. The van der Waals surface area contributed by atoms with Gasteiger partial charge in [-0.2, -0.15) is 0 Å². The Morgan fingerprint density at radius 2 is 1.20 bits per heavy atom. The third-order valence-corrected chi connectivity index (χ3v) is 6.75. The number of benzene rings is 3. The molecule has 8 heteroatoms. The molecule has 3 aromatic rings. The fraction of sp³-hybridized carbons (Fsp3) is 0.375. The Morgan fingerprint density at radius 3 is 1.65 bits per heavy atom. The predicted octanol–water partition coefficient (Wildman–Crippen LogP) is 5.31. The van der Waals surface area contributed by atoms with Crippen LogP contribution in [0.3, 0.4) is 0 Å². The maximum atomic E-state index is 12.5. The average Bonchev–Trinajstić information content (AvgIpc) is 2.99. The molecule has 0 aromatic heterocycles. The van der Waals surface area contributed by atoms with Crippen molar-refractivity contribution >= 4 is 11.7 Å². The van der Waals surface area contributed by atoms with E-state index in [0.717, 1.165) is 16.7 Å². The maximum Gasteiger partial charge on any atom is 0.356 e. The molecule has 0 spiro atoms. The van der Waals surface area contributed by atoms with Gasteiger partial charge >= 0.3 is 5.97 Å². The predicted molar refractivity (Wildman–Crippen MR) is 150 cm³/mol. The van der Waals surface area contributed by atoms with Gasteiger partial charge in [0.25, 0.3) is 0 Å². The fourth-order valence-electron chi connectivity index (χ4n) is 4.75. The number of hydrogen-bond donors (Lipinski definition) is 1. The first-order valence-electron chi connectivity index (χ1n) is 13.6. The molecule has 0 radical (unpaired) electrons. The minimum atomic E-state index is -0.702. The summed E-state index contributed by atoms with van der Waals surface area (Å²) in [4.78, 5) is 12.5. The number of hydrogen-bond acceptors (Lipinski definition) is 8. The molecule has 1 fully saturated rings. The van der Waals surface area contributed by atoms with E-state index >= 15 is 0 Å². The first-order valence-corrected chi connectivity index (χ1v) is 13.6. The smallest absolute Gasteiger partial charge is 0.356 e. The van der Waals surface area contributed by atoms with Crippen LogP contribution >= 0.6 is 0 Å². The lowest BCUT2D eigenvalue weighted by atomic mass is 9.91. The topological polar surface area (TPSA) is 95.8 Å². The lowest BCUT2D eigenvalue weighted by Crippen LogP contribution is -2.59. The summed E-state index contributed by atoms with van der Waals surface area (Å²) < 4.78 is 30.9. The summed E-state index contributed by atoms with van der Waals surface area (Å²) in [6.07, 6.45) is -2.76. The van der Waals surface area contributed by atoms with Crippen LogP contribution in [0.25, 0.3) is 0 Å². The molecular formula is C32H37NO7. The molecule has 1 aliphatic heterocycles. The van der Waals surface area contributed by atoms with Crippen molar-refractivity contribution in [2.45, 2.75) is 70.6 Å². The number of carbonyl (C=O) groups excluding carboxylic acids is 1. The first-order chi connectivity index (χ1) is 19.6. The summed E-state index contributed by atoms with van der Waals surface area (Å²) in [5, 5.41) is 12.9. The van der Waals surface area contributed by atoms with Gasteiger partial charge in [0.15, 0.2) is 5.71 Å². The van der Waals surface area contributed by atoms with Crippen LogP contribution in [0.15, 0.2) is 96.2 Å². The van der Waals surface area contributed by atoms with Crippen LogP contribution < -0.4 is 0 Å². The monoisotopic (exact) mass is 547 g/mol. The van der Waals surface area contributed by atoms with E-state index in [1.807, 2.05) is 97.9 Å². The molecular weight excluding hydrogens is 510 g/mol. The highest BCUT2D eigenvalue weighted by atomic mass is 16.6. The van der Waals surface area contributed by atoms with Crippen LogP contribution in [0.2, 0.25) is 0 Å². The Hall–Kier alpha value is -3.56. The van der Waals surface area contributed by atoms with Gasteiger partial charge in [0, 0.05) is 6.42 Å². The summed E-state index contributed by atoms with van der Waals surface area (Å²) in [7, 11) is 0. The molecule has 0 amide bonds. The molecule has 8 nitrogen and oxygen atoms in total. The second-order valence-electron chi connectivity index (χ2n) is 9.63. The van der Waals surface area contributed by atoms with E-state index < -0.39 is 36.5 Å². The number of esters is 1. The largest absolute Gasteiger partial charge is 0.461 e. The summed E-state index contributed by atoms with van der Waals surface area (Å²) in [5.41, 5.74) is 2.87. The summed E-state index contributed by atoms with van der Waals surface area (Å²) in [5.74, 6) is -0.702. The number of nitrogens with zero attached hydrogens (tertiary/aromatic N) is 1. The molecule has 1 heterocycles. The van der Waals surface area contributed by atoms with E-state index in [1.165, 1.54) is 0 Å². The van der Waals surface area contributed by atoms with Crippen molar-refractivity contribution in [1.29, 1.82) is 0 Å². The Labute approximate surface area is 235 Å². The van der Waals surface area contributed by atoms with Crippen molar-refractivity contribution in [1.82, 2.24) is 0 Å². The standard InChI is InChI=1S/C32H37NO7/c1-3-36-32(34)27(33-35)19-28-30(38-21-25-15-9-5-10-16-25)31(39-22-26-17-11-6-12-18-26)29(23(2)40-28)37-20-24-13-7-4-8-14-24/h4-18,23,28-31,35H,3,19-22H2,1-2H3/t23-,28-,29+,30+,31+/m0/s1. The van der Waals surface area contributed by atoms with E-state index in [4.69, 9.17) is 23.7 Å². The highest BCUT2D eigenvalue weighted by Crippen LogP contribution is 2.32. The normalized spacial score (nSPS) is 23.1. The third-order valence-electron chi connectivity index (χ3n) is 6.75. The van der Waals surface area contributed by atoms with Gasteiger partial charge in [0.05, 0.1) is 38.6 Å². The summed E-state index contributed by atoms with van der Waals surface area (Å²) in [6, 6.07) is 29.6. The second kappa shape index (κ2) is 15.3. The van der Waals surface area contributed by atoms with Crippen LogP contribution in [0.5, 0.6) is 0 Å². The van der Waals surface area contributed by atoms with Gasteiger partial charge in [-0.05, 0) is 30.5 Å². The Bertz CT molecular complexity index is 1190. The molecule has 5 atom stereocenters. The van der Waals surface area contributed by atoms with E-state index in [0.29, 0.717) is 19.8 Å². The number of rotatable bonds is 13. The highest BCUT2D eigenvalue weighted by molar-refractivity contribution is 6.36. The number of carbonyl (C=O) groups is 1. The van der Waals surface area contributed by atoms with Crippen molar-refractivity contribution in [3.63, 3.8) is 0 Å². The molecule has 0 unspecified atom stereocenters. The van der Waals surface area contributed by atoms with Gasteiger partial charge in [-0.3, -0.25) is 0 Å². The lowest BCUT2D eigenvalue weighted by Gasteiger charge is -2.45. The van der Waals surface area contributed by atoms with Crippen molar-refractivity contribution < 1.29 is 33.7 Å². The van der Waals surface area contributed by atoms with Gasteiger partial charge in [0.1, 0.15) is 18.3 Å². The Kier molecular flexibility index (Phi) is 11.2. The van der Waals surface area contributed by atoms with Gasteiger partial charge in [-0.25, -0.2) is 4.79 Å². The maximum absolute atomic E-state index is 12.5. The zero-order valence-corrected chi connectivity index (χ0v) is 22.9. The van der Waals surface area contributed by atoms with E-state index in [-0.39, 0.29) is 18.7 Å². The molecule has 3 aromatic carbocycles. The van der Waals surface area contributed by atoms with Crippen LogP contribution in [0, 0.1) is 0 Å².